The number of aryl methyl sites for hydroxylation is 1. The van der Waals surface area contributed by atoms with Gasteiger partial charge >= 0.3 is 0 Å². The predicted molar refractivity (Wildman–Crippen MR) is 58.4 cm³/mol. The van der Waals surface area contributed by atoms with Crippen LogP contribution in [0.1, 0.15) is 12.8 Å². The molecule has 0 aliphatic heterocycles. The monoisotopic (exact) mass is 210 g/mol. The van der Waals surface area contributed by atoms with Crippen LogP contribution in [0.3, 0.4) is 0 Å². The van der Waals surface area contributed by atoms with E-state index < -0.39 is 0 Å². The molecule has 0 saturated carbocycles. The van der Waals surface area contributed by atoms with Crippen LogP contribution in [0.2, 0.25) is 0 Å². The van der Waals surface area contributed by atoms with Gasteiger partial charge in [-0.25, -0.2) is 4.98 Å². The lowest BCUT2D eigenvalue weighted by Gasteiger charge is -2.05. The minimum Gasteiger partial charge on any atom is -0.356 e. The van der Waals surface area contributed by atoms with Crippen LogP contribution in [0.4, 0.5) is 0 Å². The Balaban J connectivity index is 1.99. The first-order chi connectivity index (χ1) is 7.33. The van der Waals surface area contributed by atoms with E-state index in [-0.39, 0.29) is 5.91 Å². The Morgan fingerprint density at radius 3 is 3.00 bits per heavy atom. The van der Waals surface area contributed by atoms with Gasteiger partial charge in [-0.3, -0.25) is 4.79 Å². The van der Waals surface area contributed by atoms with Crippen molar-refractivity contribution in [2.45, 2.75) is 19.4 Å². The molecule has 5 heteroatoms. The van der Waals surface area contributed by atoms with Gasteiger partial charge in [0.05, 0.1) is 6.33 Å². The molecule has 1 amide bonds. The molecule has 0 bridgehead atoms. The SMILES string of the molecule is CNCCC(=O)NCCCn1ccnc1. The number of carbonyl (C=O) groups is 1. The molecule has 0 atom stereocenters. The normalized spacial score (nSPS) is 10.2. The molecule has 0 aliphatic rings. The molecule has 0 fully saturated rings. The third-order valence-electron chi connectivity index (χ3n) is 2.08. The number of nitrogens with zero attached hydrogens (tertiary/aromatic N) is 2. The first-order valence-corrected chi connectivity index (χ1v) is 5.20. The highest BCUT2D eigenvalue weighted by Crippen LogP contribution is 1.89. The molecule has 0 aromatic carbocycles. The maximum atomic E-state index is 11.2. The molecule has 0 aliphatic carbocycles. The summed E-state index contributed by atoms with van der Waals surface area (Å²) < 4.78 is 2.00. The Labute approximate surface area is 89.9 Å². The summed E-state index contributed by atoms with van der Waals surface area (Å²) in [6, 6.07) is 0. The van der Waals surface area contributed by atoms with Gasteiger partial charge in [-0.1, -0.05) is 0 Å². The number of aromatic nitrogens is 2. The van der Waals surface area contributed by atoms with Crippen LogP contribution < -0.4 is 10.6 Å². The number of nitrogens with one attached hydrogen (secondary N) is 2. The van der Waals surface area contributed by atoms with Crippen molar-refractivity contribution < 1.29 is 4.79 Å². The van der Waals surface area contributed by atoms with Crippen molar-refractivity contribution in [1.82, 2.24) is 20.2 Å². The van der Waals surface area contributed by atoms with Gasteiger partial charge in [0.25, 0.3) is 0 Å². The van der Waals surface area contributed by atoms with Gasteiger partial charge in [0, 0.05) is 38.4 Å². The smallest absolute Gasteiger partial charge is 0.221 e. The summed E-state index contributed by atoms with van der Waals surface area (Å²) in [4.78, 5) is 15.1. The second-order valence-electron chi connectivity index (χ2n) is 3.36. The highest BCUT2D eigenvalue weighted by Gasteiger charge is 1.98. The zero-order chi connectivity index (χ0) is 10.9. The predicted octanol–water partition coefficient (Wildman–Crippen LogP) is -0.00110. The van der Waals surface area contributed by atoms with E-state index in [0.29, 0.717) is 6.42 Å². The van der Waals surface area contributed by atoms with Crippen molar-refractivity contribution in [1.29, 1.82) is 0 Å². The van der Waals surface area contributed by atoms with Crippen molar-refractivity contribution in [3.63, 3.8) is 0 Å². The quantitative estimate of drug-likeness (QED) is 0.623. The summed E-state index contributed by atoms with van der Waals surface area (Å²) in [6.45, 7) is 2.35. The van der Waals surface area contributed by atoms with Crippen molar-refractivity contribution in [2.24, 2.45) is 0 Å². The molecular formula is C10H18N4O. The highest BCUT2D eigenvalue weighted by atomic mass is 16.1. The van der Waals surface area contributed by atoms with Crippen LogP contribution in [0.25, 0.3) is 0 Å². The lowest BCUT2D eigenvalue weighted by Crippen LogP contribution is -2.27. The van der Waals surface area contributed by atoms with Gasteiger partial charge in [0.2, 0.25) is 5.91 Å². The molecule has 0 spiro atoms. The van der Waals surface area contributed by atoms with E-state index in [1.54, 1.807) is 12.5 Å². The molecule has 1 aromatic heterocycles. The number of carbonyl (C=O) groups excluding carboxylic acids is 1. The van der Waals surface area contributed by atoms with Gasteiger partial charge in [0.1, 0.15) is 0 Å². The molecule has 84 valence electrons. The third-order valence-corrected chi connectivity index (χ3v) is 2.08. The van der Waals surface area contributed by atoms with Crippen LogP contribution in [0, 0.1) is 0 Å². The fraction of sp³-hybridized carbons (Fsp3) is 0.600. The van der Waals surface area contributed by atoms with Gasteiger partial charge in [-0.2, -0.15) is 0 Å². The average molecular weight is 210 g/mol. The lowest BCUT2D eigenvalue weighted by atomic mass is 10.3. The molecule has 5 nitrogen and oxygen atoms in total. The largest absolute Gasteiger partial charge is 0.356 e. The van der Waals surface area contributed by atoms with Crippen LogP contribution in [-0.4, -0.2) is 35.6 Å². The second kappa shape index (κ2) is 7.00. The zero-order valence-corrected chi connectivity index (χ0v) is 9.07. The fourth-order valence-corrected chi connectivity index (χ4v) is 1.24. The standard InChI is InChI=1S/C10H18N4O/c1-11-5-3-10(15)13-4-2-7-14-8-6-12-9-14/h6,8-9,11H,2-5,7H2,1H3,(H,13,15). The number of hydrogen-bond donors (Lipinski definition) is 2. The summed E-state index contributed by atoms with van der Waals surface area (Å²) in [5.41, 5.74) is 0. The Kier molecular flexibility index (Phi) is 5.47. The zero-order valence-electron chi connectivity index (χ0n) is 9.07. The summed E-state index contributed by atoms with van der Waals surface area (Å²) in [5, 5.41) is 5.81. The minimum atomic E-state index is 0.106. The van der Waals surface area contributed by atoms with E-state index in [1.807, 2.05) is 17.8 Å². The summed E-state index contributed by atoms with van der Waals surface area (Å²) in [6.07, 6.45) is 6.93. The first-order valence-electron chi connectivity index (χ1n) is 5.20. The number of amides is 1. The number of imidazole rings is 1. The number of hydrogen-bond acceptors (Lipinski definition) is 3. The van der Waals surface area contributed by atoms with Crippen molar-refractivity contribution >= 4 is 5.91 Å². The van der Waals surface area contributed by atoms with Crippen molar-refractivity contribution in [2.75, 3.05) is 20.1 Å². The van der Waals surface area contributed by atoms with Crippen LogP contribution in [0.5, 0.6) is 0 Å². The molecule has 1 rings (SSSR count). The summed E-state index contributed by atoms with van der Waals surface area (Å²) >= 11 is 0. The maximum Gasteiger partial charge on any atom is 0.221 e. The van der Waals surface area contributed by atoms with Crippen LogP contribution in [0.15, 0.2) is 18.7 Å². The maximum absolute atomic E-state index is 11.2. The molecule has 0 saturated heterocycles. The van der Waals surface area contributed by atoms with Crippen LogP contribution in [-0.2, 0) is 11.3 Å². The molecule has 0 radical (unpaired) electrons. The van der Waals surface area contributed by atoms with Gasteiger partial charge in [-0.15, -0.1) is 0 Å². The Morgan fingerprint density at radius 1 is 1.47 bits per heavy atom. The molecule has 2 N–H and O–H groups in total. The number of rotatable bonds is 7. The van der Waals surface area contributed by atoms with Crippen molar-refractivity contribution in [3.8, 4) is 0 Å². The third kappa shape index (κ3) is 5.17. The van der Waals surface area contributed by atoms with Crippen LogP contribution >= 0.6 is 0 Å². The van der Waals surface area contributed by atoms with E-state index in [2.05, 4.69) is 15.6 Å². The topological polar surface area (TPSA) is 59.0 Å². The summed E-state index contributed by atoms with van der Waals surface area (Å²) in [5.74, 6) is 0.106. The van der Waals surface area contributed by atoms with E-state index in [0.717, 1.165) is 26.1 Å². The van der Waals surface area contributed by atoms with E-state index >= 15 is 0 Å². The Bertz CT molecular complexity index is 271. The van der Waals surface area contributed by atoms with Gasteiger partial charge in [-0.05, 0) is 13.5 Å². The Morgan fingerprint density at radius 2 is 2.33 bits per heavy atom. The van der Waals surface area contributed by atoms with Gasteiger partial charge < -0.3 is 15.2 Å². The van der Waals surface area contributed by atoms with E-state index in [1.165, 1.54) is 0 Å². The second-order valence-corrected chi connectivity index (χ2v) is 3.36. The molecule has 0 unspecified atom stereocenters. The highest BCUT2D eigenvalue weighted by molar-refractivity contribution is 5.75. The van der Waals surface area contributed by atoms with E-state index in [9.17, 15) is 4.79 Å². The van der Waals surface area contributed by atoms with Gasteiger partial charge in [0.15, 0.2) is 0 Å². The lowest BCUT2D eigenvalue weighted by molar-refractivity contribution is -0.120. The van der Waals surface area contributed by atoms with E-state index in [4.69, 9.17) is 0 Å². The molecule has 1 aromatic rings. The minimum absolute atomic E-state index is 0.106. The fourth-order valence-electron chi connectivity index (χ4n) is 1.24. The van der Waals surface area contributed by atoms with Crippen molar-refractivity contribution in [3.05, 3.63) is 18.7 Å². The molecular weight excluding hydrogens is 192 g/mol. The molecule has 1 heterocycles. The average Bonchev–Trinajstić information content (AvgIpc) is 2.74. The Hall–Kier alpha value is -1.36. The molecule has 15 heavy (non-hydrogen) atoms. The first kappa shape index (κ1) is 11.7. The summed E-state index contributed by atoms with van der Waals surface area (Å²) in [7, 11) is 1.84.